The van der Waals surface area contributed by atoms with Crippen LogP contribution in [0.25, 0.3) is 0 Å². The summed E-state index contributed by atoms with van der Waals surface area (Å²) < 4.78 is 12.8. The highest BCUT2D eigenvalue weighted by molar-refractivity contribution is 7.84. The fraction of sp³-hybridized carbons (Fsp3) is 0.143. The Morgan fingerprint density at radius 3 is 1.69 bits per heavy atom. The Morgan fingerprint density at radius 2 is 1.23 bits per heavy atom. The monoisotopic (exact) mass is 404 g/mol. The Labute approximate surface area is 165 Å². The summed E-state index contributed by atoms with van der Waals surface area (Å²) in [6.45, 7) is 0. The van der Waals surface area contributed by atoms with Crippen LogP contribution in [0.1, 0.15) is 16.7 Å². The molecule has 1 N–H and O–H groups in total. The third-order valence-electron chi connectivity index (χ3n) is 4.18. The molecule has 3 rings (SSSR count). The number of halogens is 2. The summed E-state index contributed by atoms with van der Waals surface area (Å²) in [5, 5.41) is 12.7. The van der Waals surface area contributed by atoms with Gasteiger partial charge in [-0.2, -0.15) is 0 Å². The summed E-state index contributed by atoms with van der Waals surface area (Å²) in [6, 6.07) is 23.5. The first-order valence-electron chi connectivity index (χ1n) is 8.11. The van der Waals surface area contributed by atoms with Crippen LogP contribution in [0.15, 0.2) is 78.9 Å². The summed E-state index contributed by atoms with van der Waals surface area (Å²) in [7, 11) is -1.27. The van der Waals surface area contributed by atoms with E-state index in [0.29, 0.717) is 26.9 Å². The summed E-state index contributed by atoms with van der Waals surface area (Å²) in [4.78, 5) is 0. The first kappa shape index (κ1) is 19.1. The van der Waals surface area contributed by atoms with E-state index in [0.717, 1.165) is 5.56 Å². The van der Waals surface area contributed by atoms with Crippen molar-refractivity contribution in [3.8, 4) is 0 Å². The van der Waals surface area contributed by atoms with Gasteiger partial charge in [0, 0.05) is 26.6 Å². The maximum atomic E-state index is 12.8. The summed E-state index contributed by atoms with van der Waals surface area (Å²) in [5.41, 5.74) is 0.867. The lowest BCUT2D eigenvalue weighted by molar-refractivity contribution is 0.106. The molecule has 0 amide bonds. The van der Waals surface area contributed by atoms with Crippen molar-refractivity contribution in [2.24, 2.45) is 0 Å². The van der Waals surface area contributed by atoms with Gasteiger partial charge in [-0.1, -0.05) is 77.8 Å². The van der Waals surface area contributed by atoms with Crippen molar-refractivity contribution in [3.05, 3.63) is 106 Å². The second-order valence-electron chi connectivity index (χ2n) is 6.09. The molecule has 0 aromatic heterocycles. The summed E-state index contributed by atoms with van der Waals surface area (Å²) >= 11 is 12.0. The molecule has 1 atom stereocenters. The van der Waals surface area contributed by atoms with E-state index in [1.165, 1.54) is 0 Å². The molecule has 0 spiro atoms. The minimum Gasteiger partial charge on any atom is -0.379 e. The Morgan fingerprint density at radius 1 is 0.769 bits per heavy atom. The molecule has 0 saturated carbocycles. The molecule has 0 aliphatic rings. The lowest BCUT2D eigenvalue weighted by Crippen LogP contribution is -2.34. The molecule has 0 saturated heterocycles. The first-order valence-corrected chi connectivity index (χ1v) is 10.4. The van der Waals surface area contributed by atoms with Crippen molar-refractivity contribution >= 4 is 34.0 Å². The van der Waals surface area contributed by atoms with Crippen LogP contribution in [0.4, 0.5) is 0 Å². The standard InChI is InChI=1S/C21H18Cl2O2S/c22-19-10-6-17(7-11-19)21(24,18-8-12-20(23)13-9-18)15-26(25)14-16-4-2-1-3-5-16/h1-13,24H,14-15H2/t26-/m0/s1. The van der Waals surface area contributed by atoms with Crippen molar-refractivity contribution in [1.82, 2.24) is 0 Å². The number of aliphatic hydroxyl groups is 1. The second kappa shape index (κ2) is 8.36. The van der Waals surface area contributed by atoms with Gasteiger partial charge in [0.15, 0.2) is 0 Å². The van der Waals surface area contributed by atoms with Gasteiger partial charge in [0.2, 0.25) is 0 Å². The molecule has 26 heavy (non-hydrogen) atoms. The third kappa shape index (κ3) is 4.54. The van der Waals surface area contributed by atoms with E-state index < -0.39 is 16.4 Å². The minimum atomic E-state index is -1.39. The maximum absolute atomic E-state index is 12.8. The van der Waals surface area contributed by atoms with Crippen molar-refractivity contribution in [2.45, 2.75) is 11.4 Å². The molecular weight excluding hydrogens is 387 g/mol. The number of hydrogen-bond acceptors (Lipinski definition) is 2. The predicted molar refractivity (Wildman–Crippen MR) is 109 cm³/mol. The smallest absolute Gasteiger partial charge is 0.126 e. The lowest BCUT2D eigenvalue weighted by Gasteiger charge is -2.29. The zero-order valence-corrected chi connectivity index (χ0v) is 16.3. The highest BCUT2D eigenvalue weighted by atomic mass is 35.5. The molecule has 3 aromatic carbocycles. The van der Waals surface area contributed by atoms with Crippen LogP contribution in [0.3, 0.4) is 0 Å². The predicted octanol–water partition coefficient (Wildman–Crippen LogP) is 5.18. The van der Waals surface area contributed by atoms with Crippen molar-refractivity contribution in [2.75, 3.05) is 5.75 Å². The molecular formula is C21H18Cl2O2S. The van der Waals surface area contributed by atoms with Crippen LogP contribution in [0.5, 0.6) is 0 Å². The normalized spacial score (nSPS) is 12.7. The highest BCUT2D eigenvalue weighted by Gasteiger charge is 2.33. The summed E-state index contributed by atoms with van der Waals surface area (Å²) in [6.07, 6.45) is 0. The fourth-order valence-corrected chi connectivity index (χ4v) is 4.55. The van der Waals surface area contributed by atoms with E-state index >= 15 is 0 Å². The van der Waals surface area contributed by atoms with Crippen LogP contribution >= 0.6 is 23.2 Å². The van der Waals surface area contributed by atoms with Gasteiger partial charge in [-0.15, -0.1) is 0 Å². The van der Waals surface area contributed by atoms with Gasteiger partial charge >= 0.3 is 0 Å². The SMILES string of the molecule is O=[S@@](Cc1ccccc1)CC(O)(c1ccc(Cl)cc1)c1ccc(Cl)cc1. The Balaban J connectivity index is 1.93. The van der Waals surface area contributed by atoms with E-state index in [2.05, 4.69) is 0 Å². The van der Waals surface area contributed by atoms with Gasteiger partial charge < -0.3 is 5.11 Å². The van der Waals surface area contributed by atoms with Gasteiger partial charge in [0.1, 0.15) is 5.60 Å². The number of hydrogen-bond donors (Lipinski definition) is 1. The van der Waals surface area contributed by atoms with Crippen molar-refractivity contribution in [1.29, 1.82) is 0 Å². The van der Waals surface area contributed by atoms with Gasteiger partial charge in [-0.3, -0.25) is 4.21 Å². The molecule has 2 nitrogen and oxygen atoms in total. The fourth-order valence-electron chi connectivity index (χ4n) is 2.83. The Hall–Kier alpha value is -1.65. The van der Waals surface area contributed by atoms with Crippen LogP contribution in [-0.2, 0) is 22.2 Å². The van der Waals surface area contributed by atoms with Crippen molar-refractivity contribution in [3.63, 3.8) is 0 Å². The number of rotatable bonds is 6. The van der Waals surface area contributed by atoms with Gasteiger partial charge in [-0.25, -0.2) is 0 Å². The number of benzene rings is 3. The van der Waals surface area contributed by atoms with E-state index in [1.54, 1.807) is 48.5 Å². The molecule has 0 aliphatic carbocycles. The van der Waals surface area contributed by atoms with E-state index in [4.69, 9.17) is 23.2 Å². The largest absolute Gasteiger partial charge is 0.379 e. The minimum absolute atomic E-state index is 0.0746. The lowest BCUT2D eigenvalue weighted by atomic mass is 9.88. The zero-order valence-electron chi connectivity index (χ0n) is 13.9. The molecule has 0 bridgehead atoms. The van der Waals surface area contributed by atoms with Gasteiger partial charge in [0.25, 0.3) is 0 Å². The second-order valence-corrected chi connectivity index (χ2v) is 8.42. The Kier molecular flexibility index (Phi) is 6.15. The van der Waals surface area contributed by atoms with E-state index in [-0.39, 0.29) is 5.75 Å². The van der Waals surface area contributed by atoms with Crippen molar-refractivity contribution < 1.29 is 9.32 Å². The average Bonchev–Trinajstić information content (AvgIpc) is 2.63. The third-order valence-corrected chi connectivity index (χ3v) is 6.08. The topological polar surface area (TPSA) is 37.3 Å². The average molecular weight is 405 g/mol. The first-order chi connectivity index (χ1) is 12.5. The molecule has 0 unspecified atom stereocenters. The molecule has 3 aromatic rings. The zero-order chi connectivity index (χ0) is 18.6. The quantitative estimate of drug-likeness (QED) is 0.614. The molecule has 0 heterocycles. The molecule has 0 aliphatic heterocycles. The maximum Gasteiger partial charge on any atom is 0.126 e. The van der Waals surface area contributed by atoms with E-state index in [9.17, 15) is 9.32 Å². The highest BCUT2D eigenvalue weighted by Crippen LogP contribution is 2.32. The molecule has 0 fully saturated rings. The van der Waals surface area contributed by atoms with E-state index in [1.807, 2.05) is 30.3 Å². The molecule has 5 heteroatoms. The van der Waals surface area contributed by atoms with Gasteiger partial charge in [-0.05, 0) is 41.0 Å². The van der Waals surface area contributed by atoms with Crippen LogP contribution in [0, 0.1) is 0 Å². The Bertz CT molecular complexity index is 833. The van der Waals surface area contributed by atoms with Gasteiger partial charge in [0.05, 0.1) is 5.75 Å². The van der Waals surface area contributed by atoms with Crippen LogP contribution in [0.2, 0.25) is 10.0 Å². The molecule has 0 radical (unpaired) electrons. The van der Waals surface area contributed by atoms with Crippen LogP contribution in [-0.4, -0.2) is 15.1 Å². The van der Waals surface area contributed by atoms with Crippen LogP contribution < -0.4 is 0 Å². The molecule has 134 valence electrons. The summed E-state index contributed by atoms with van der Waals surface area (Å²) in [5.74, 6) is 0.454.